The minimum atomic E-state index is -3.72. The minimum absolute atomic E-state index is 0.0507. The van der Waals surface area contributed by atoms with E-state index in [1.165, 1.54) is 28.1 Å². The largest absolute Gasteiger partial charge is 0.349 e. The number of amides is 2. The van der Waals surface area contributed by atoms with Gasteiger partial charge >= 0.3 is 0 Å². The van der Waals surface area contributed by atoms with Crippen LogP contribution in [0.25, 0.3) is 0 Å². The van der Waals surface area contributed by atoms with E-state index in [4.69, 9.17) is 0 Å². The molecule has 2 aromatic rings. The van der Waals surface area contributed by atoms with E-state index in [0.717, 1.165) is 12.0 Å². The number of nitrogens with zero attached hydrogens (tertiary/aromatic N) is 2. The molecular weight excluding hydrogens is 450 g/mol. The molecule has 0 aromatic heterocycles. The summed E-state index contributed by atoms with van der Waals surface area (Å²) in [6, 6.07) is 14.2. The van der Waals surface area contributed by atoms with E-state index in [1.807, 2.05) is 32.0 Å². The van der Waals surface area contributed by atoms with Gasteiger partial charge in [0.15, 0.2) is 0 Å². The van der Waals surface area contributed by atoms with E-state index in [9.17, 15) is 18.0 Å². The van der Waals surface area contributed by atoms with Crippen LogP contribution in [0.2, 0.25) is 0 Å². The maximum atomic E-state index is 13.3. The van der Waals surface area contributed by atoms with Crippen LogP contribution < -0.4 is 5.32 Å². The van der Waals surface area contributed by atoms with Gasteiger partial charge in [-0.3, -0.25) is 9.59 Å². The molecular formula is C26H31N3O4S. The molecule has 0 spiro atoms. The van der Waals surface area contributed by atoms with Crippen molar-refractivity contribution in [1.82, 2.24) is 14.5 Å². The Morgan fingerprint density at radius 2 is 1.62 bits per heavy atom. The summed E-state index contributed by atoms with van der Waals surface area (Å²) in [5.41, 5.74) is 2.90. The number of carbonyl (C=O) groups excluding carboxylic acids is 2. The Morgan fingerprint density at radius 3 is 2.24 bits per heavy atom. The first-order valence-corrected chi connectivity index (χ1v) is 13.0. The van der Waals surface area contributed by atoms with E-state index in [1.54, 1.807) is 17.0 Å². The third-order valence-electron chi connectivity index (χ3n) is 6.86. The highest BCUT2D eigenvalue weighted by Gasteiger charge is 2.38. The molecule has 2 amide bonds. The van der Waals surface area contributed by atoms with E-state index in [-0.39, 0.29) is 34.6 Å². The topological polar surface area (TPSA) is 86.8 Å². The van der Waals surface area contributed by atoms with Gasteiger partial charge in [0.05, 0.1) is 4.90 Å². The van der Waals surface area contributed by atoms with E-state index in [2.05, 4.69) is 18.0 Å². The number of nitrogens with one attached hydrogen (secondary N) is 1. The molecule has 2 aliphatic rings. The lowest BCUT2D eigenvalue weighted by Crippen LogP contribution is -2.55. The molecule has 0 radical (unpaired) electrons. The highest BCUT2D eigenvalue weighted by Crippen LogP contribution is 2.28. The number of piperidine rings is 1. The van der Waals surface area contributed by atoms with Gasteiger partial charge in [0.2, 0.25) is 15.9 Å². The third-order valence-corrected chi connectivity index (χ3v) is 8.71. The molecule has 1 fully saturated rings. The van der Waals surface area contributed by atoms with Gasteiger partial charge in [-0.2, -0.15) is 4.31 Å². The molecule has 0 aliphatic carbocycles. The molecule has 2 unspecified atom stereocenters. The van der Waals surface area contributed by atoms with Gasteiger partial charge in [-0.05, 0) is 59.7 Å². The fourth-order valence-electron chi connectivity index (χ4n) is 4.98. The van der Waals surface area contributed by atoms with Gasteiger partial charge < -0.3 is 10.2 Å². The SMILES string of the molecule is C=CC(=O)NC1C(C)CN(S(=O)(=O)c2ccc(C(=O)N3CCc4ccccc4C3)cc2)CC1C. The lowest BCUT2D eigenvalue weighted by Gasteiger charge is -2.40. The van der Waals surface area contributed by atoms with Crippen molar-refractivity contribution in [1.29, 1.82) is 0 Å². The zero-order valence-electron chi connectivity index (χ0n) is 19.6. The average molecular weight is 482 g/mol. The minimum Gasteiger partial charge on any atom is -0.349 e. The maximum Gasteiger partial charge on any atom is 0.254 e. The van der Waals surface area contributed by atoms with Gasteiger partial charge in [-0.15, -0.1) is 0 Å². The van der Waals surface area contributed by atoms with Gasteiger partial charge in [0.1, 0.15) is 0 Å². The van der Waals surface area contributed by atoms with Crippen LogP contribution in [0.1, 0.15) is 35.3 Å². The monoisotopic (exact) mass is 481 g/mol. The first-order chi connectivity index (χ1) is 16.2. The fourth-order valence-corrected chi connectivity index (χ4v) is 6.62. The van der Waals surface area contributed by atoms with Crippen molar-refractivity contribution in [3.8, 4) is 0 Å². The number of fused-ring (bicyclic) bond motifs is 1. The van der Waals surface area contributed by atoms with Crippen molar-refractivity contribution in [3.63, 3.8) is 0 Å². The highest BCUT2D eigenvalue weighted by molar-refractivity contribution is 7.89. The van der Waals surface area contributed by atoms with Crippen molar-refractivity contribution in [2.45, 2.75) is 37.8 Å². The maximum absolute atomic E-state index is 13.3. The molecule has 1 saturated heterocycles. The summed E-state index contributed by atoms with van der Waals surface area (Å²) in [6.45, 7) is 9.17. The van der Waals surface area contributed by atoms with Gasteiger partial charge in [-0.25, -0.2) is 8.42 Å². The van der Waals surface area contributed by atoms with Crippen molar-refractivity contribution >= 4 is 21.8 Å². The van der Waals surface area contributed by atoms with Gasteiger partial charge in [0.25, 0.3) is 5.91 Å². The fraction of sp³-hybridized carbons (Fsp3) is 0.385. The molecule has 0 saturated carbocycles. The second kappa shape index (κ2) is 9.72. The Labute approximate surface area is 201 Å². The van der Waals surface area contributed by atoms with Crippen molar-refractivity contribution in [2.75, 3.05) is 19.6 Å². The standard InChI is InChI=1S/C26H31N3O4S/c1-4-24(30)27-25-18(2)15-29(16-19(25)3)34(32,33)23-11-9-21(10-12-23)26(31)28-14-13-20-7-5-6-8-22(20)17-28/h4-12,18-19,25H,1,13-17H2,2-3H3,(H,27,30). The Kier molecular flexibility index (Phi) is 6.91. The summed E-state index contributed by atoms with van der Waals surface area (Å²) in [5, 5.41) is 2.92. The number of hydrogen-bond acceptors (Lipinski definition) is 4. The van der Waals surface area contributed by atoms with Crippen molar-refractivity contribution in [2.24, 2.45) is 11.8 Å². The second-order valence-electron chi connectivity index (χ2n) is 9.28. The molecule has 34 heavy (non-hydrogen) atoms. The van der Waals surface area contributed by atoms with Crippen LogP contribution in [0.15, 0.2) is 66.1 Å². The predicted octanol–water partition coefficient (Wildman–Crippen LogP) is 2.83. The summed E-state index contributed by atoms with van der Waals surface area (Å²) >= 11 is 0. The summed E-state index contributed by atoms with van der Waals surface area (Å²) in [6.07, 6.45) is 2.04. The van der Waals surface area contributed by atoms with Gasteiger partial charge in [-0.1, -0.05) is 44.7 Å². The zero-order chi connectivity index (χ0) is 24.5. The Balaban J connectivity index is 1.45. The molecule has 0 bridgehead atoms. The van der Waals surface area contributed by atoms with Gasteiger partial charge in [0, 0.05) is 37.8 Å². The first-order valence-electron chi connectivity index (χ1n) is 11.6. The lowest BCUT2D eigenvalue weighted by molar-refractivity contribution is -0.118. The van der Waals surface area contributed by atoms with Crippen molar-refractivity contribution in [3.05, 3.63) is 77.9 Å². The summed E-state index contributed by atoms with van der Waals surface area (Å²) in [7, 11) is -3.72. The van der Waals surface area contributed by atoms with Crippen molar-refractivity contribution < 1.29 is 18.0 Å². The number of hydrogen-bond donors (Lipinski definition) is 1. The van der Waals surface area contributed by atoms with E-state index < -0.39 is 10.0 Å². The van der Waals surface area contributed by atoms with Crippen LogP contribution >= 0.6 is 0 Å². The molecule has 8 heteroatoms. The smallest absolute Gasteiger partial charge is 0.254 e. The Hall–Kier alpha value is -2.97. The van der Waals surface area contributed by atoms with Crippen LogP contribution in [-0.2, 0) is 27.8 Å². The normalized spacial score (nSPS) is 23.1. The number of rotatable bonds is 5. The summed E-state index contributed by atoms with van der Waals surface area (Å²) < 4.78 is 28.1. The quantitative estimate of drug-likeness (QED) is 0.666. The molecule has 2 aromatic carbocycles. The van der Waals surface area contributed by atoms with E-state index in [0.29, 0.717) is 31.7 Å². The Morgan fingerprint density at radius 1 is 1.00 bits per heavy atom. The van der Waals surface area contributed by atoms with Crippen LogP contribution in [0.5, 0.6) is 0 Å². The zero-order valence-corrected chi connectivity index (χ0v) is 20.4. The lowest BCUT2D eigenvalue weighted by atomic mass is 9.87. The molecule has 4 rings (SSSR count). The molecule has 2 heterocycles. The second-order valence-corrected chi connectivity index (χ2v) is 11.2. The molecule has 7 nitrogen and oxygen atoms in total. The first kappa shape index (κ1) is 24.2. The van der Waals surface area contributed by atoms with E-state index >= 15 is 0 Å². The molecule has 2 atom stereocenters. The number of carbonyl (C=O) groups is 2. The van der Waals surface area contributed by atoms with Crippen LogP contribution in [0.3, 0.4) is 0 Å². The Bertz CT molecular complexity index is 1180. The third kappa shape index (κ3) is 4.79. The molecule has 1 N–H and O–H groups in total. The highest BCUT2D eigenvalue weighted by atomic mass is 32.2. The summed E-state index contributed by atoms with van der Waals surface area (Å²) in [5.74, 6) is -0.451. The van der Waals surface area contributed by atoms with Crippen LogP contribution in [0.4, 0.5) is 0 Å². The summed E-state index contributed by atoms with van der Waals surface area (Å²) in [4.78, 5) is 26.7. The number of benzene rings is 2. The van der Waals surface area contributed by atoms with Crippen LogP contribution in [0, 0.1) is 11.8 Å². The molecule has 2 aliphatic heterocycles. The predicted molar refractivity (Wildman–Crippen MR) is 131 cm³/mol. The average Bonchev–Trinajstić information content (AvgIpc) is 2.85. The van der Waals surface area contributed by atoms with Crippen LogP contribution in [-0.4, -0.2) is 55.1 Å². The molecule has 180 valence electrons. The number of sulfonamides is 1.